The summed E-state index contributed by atoms with van der Waals surface area (Å²) in [5.41, 5.74) is 5.91. The number of hydrogen-bond donors (Lipinski definition) is 2. The van der Waals surface area contributed by atoms with Gasteiger partial charge in [0.2, 0.25) is 17.4 Å². The zero-order valence-electron chi connectivity index (χ0n) is 18.9. The summed E-state index contributed by atoms with van der Waals surface area (Å²) in [5.74, 6) is -1.00. The third-order valence-electron chi connectivity index (χ3n) is 6.37. The fourth-order valence-electron chi connectivity index (χ4n) is 4.91. The van der Waals surface area contributed by atoms with Crippen molar-refractivity contribution in [3.05, 3.63) is 17.1 Å². The highest BCUT2D eigenvalue weighted by atomic mass is 32.2. The van der Waals surface area contributed by atoms with Crippen LogP contribution in [-0.2, 0) is 19.2 Å². The topological polar surface area (TPSA) is 169 Å². The van der Waals surface area contributed by atoms with Crippen LogP contribution in [0.4, 0.5) is 5.13 Å². The summed E-state index contributed by atoms with van der Waals surface area (Å²) in [5, 5.41) is 18.0. The van der Waals surface area contributed by atoms with Crippen molar-refractivity contribution in [2.45, 2.75) is 30.7 Å². The van der Waals surface area contributed by atoms with Crippen LogP contribution >= 0.6 is 23.3 Å². The molecule has 0 aromatic carbocycles. The molecular formula is C20H24N8O5S2. The van der Waals surface area contributed by atoms with Gasteiger partial charge in [0.1, 0.15) is 25.1 Å². The van der Waals surface area contributed by atoms with Gasteiger partial charge in [0.05, 0.1) is 37.7 Å². The Morgan fingerprint density at radius 3 is 2.89 bits per heavy atom. The van der Waals surface area contributed by atoms with Crippen LogP contribution in [0.2, 0.25) is 0 Å². The molecular weight excluding hydrogens is 496 g/mol. The number of rotatable bonds is 7. The second-order valence-corrected chi connectivity index (χ2v) is 10.3. The number of nitrogens with two attached hydrogens (primary N) is 1. The molecule has 186 valence electrons. The van der Waals surface area contributed by atoms with Gasteiger partial charge < -0.3 is 25.8 Å². The molecule has 0 radical (unpaired) electrons. The number of β-lactam (4-membered cyclic amide) rings is 1. The average molecular weight is 521 g/mol. The van der Waals surface area contributed by atoms with E-state index >= 15 is 0 Å². The van der Waals surface area contributed by atoms with Crippen molar-refractivity contribution < 1.29 is 28.9 Å². The molecule has 0 unspecified atom stereocenters. The first-order chi connectivity index (χ1) is 16.9. The summed E-state index contributed by atoms with van der Waals surface area (Å²) in [6.07, 6.45) is 3.08. The summed E-state index contributed by atoms with van der Waals surface area (Å²) in [6, 6.07) is -0.934. The van der Waals surface area contributed by atoms with E-state index in [0.717, 1.165) is 50.4 Å². The Morgan fingerprint density at radius 1 is 1.37 bits per heavy atom. The number of carbonyl (C=O) groups is 3. The van der Waals surface area contributed by atoms with Gasteiger partial charge in [-0.15, -0.1) is 11.8 Å². The Bertz CT molecular complexity index is 1180. The predicted octanol–water partition coefficient (Wildman–Crippen LogP) is -2.21. The largest absolute Gasteiger partial charge is 0.543 e. The molecule has 2 atom stereocenters. The Labute approximate surface area is 208 Å². The average Bonchev–Trinajstić information content (AvgIpc) is 3.49. The molecule has 3 N–H and O–H groups in total. The Kier molecular flexibility index (Phi) is 6.35. The third kappa shape index (κ3) is 4.22. The van der Waals surface area contributed by atoms with Crippen LogP contribution < -0.4 is 16.2 Å². The van der Waals surface area contributed by atoms with Crippen molar-refractivity contribution >= 4 is 57.8 Å². The third-order valence-corrected chi connectivity index (χ3v) is 8.26. The maximum absolute atomic E-state index is 13.0. The van der Waals surface area contributed by atoms with Crippen molar-refractivity contribution in [3.8, 4) is 0 Å². The van der Waals surface area contributed by atoms with Crippen molar-refractivity contribution in [2.24, 2.45) is 5.16 Å². The fraction of sp³-hybridized carbons (Fsp3) is 0.550. The number of anilines is 1. The van der Waals surface area contributed by atoms with Crippen molar-refractivity contribution in [3.63, 3.8) is 0 Å². The normalized spacial score (nSPS) is 24.3. The van der Waals surface area contributed by atoms with E-state index in [1.807, 2.05) is 0 Å². The van der Waals surface area contributed by atoms with Crippen LogP contribution in [0.3, 0.4) is 0 Å². The van der Waals surface area contributed by atoms with Crippen LogP contribution in [0.5, 0.6) is 0 Å². The van der Waals surface area contributed by atoms with Crippen molar-refractivity contribution in [1.82, 2.24) is 24.5 Å². The highest BCUT2D eigenvalue weighted by Gasteiger charge is 2.53. The fourth-order valence-corrected chi connectivity index (χ4v) is 6.68. The Balaban J connectivity index is 1.33. The number of nitrogens with zero attached hydrogens (tertiary/aromatic N) is 6. The number of amidine groups is 1. The number of nitrogens with one attached hydrogen (secondary N) is 1. The monoisotopic (exact) mass is 520 g/mol. The standard InChI is InChI=1S/C20H24N8O5S2/c1-33-24-12(15-23-20(21)35-25-15)16(29)22-13-17(30)28-14(19(31)32)10(9-34-18(13)28)8-27-7-3-6-26-5-2-4-11(26)27/h13,18H,2-9H2,1H3,(H3-,21,22,23,25,29,31,32)/b24-12-/t13-,18-/m1/s1. The van der Waals surface area contributed by atoms with Gasteiger partial charge in [-0.05, 0) is 6.42 Å². The van der Waals surface area contributed by atoms with E-state index in [1.54, 1.807) is 0 Å². The van der Waals surface area contributed by atoms with Crippen LogP contribution in [0.15, 0.2) is 16.4 Å². The van der Waals surface area contributed by atoms with E-state index in [0.29, 0.717) is 17.9 Å². The zero-order valence-corrected chi connectivity index (χ0v) is 20.6. The maximum atomic E-state index is 13.0. The first kappa shape index (κ1) is 23.5. The lowest BCUT2D eigenvalue weighted by Crippen LogP contribution is -2.71. The van der Waals surface area contributed by atoms with Gasteiger partial charge in [-0.1, -0.05) is 5.16 Å². The van der Waals surface area contributed by atoms with Crippen molar-refractivity contribution in [2.75, 3.05) is 44.8 Å². The quantitative estimate of drug-likeness (QED) is 0.174. The number of amides is 2. The predicted molar refractivity (Wildman–Crippen MR) is 125 cm³/mol. The van der Waals surface area contributed by atoms with Gasteiger partial charge in [-0.25, -0.2) is 0 Å². The molecule has 0 spiro atoms. The van der Waals surface area contributed by atoms with E-state index in [9.17, 15) is 19.5 Å². The SMILES string of the molecule is CO/N=C(\C(=O)N[C@@H]1C(=O)N2C(C(=O)[O-])=C(CN3CCC[N+]4=C3CCC4)CS[C@H]12)c1nsc(N)n1. The molecule has 0 bridgehead atoms. The molecule has 2 amide bonds. The molecule has 1 aromatic heterocycles. The molecule has 5 rings (SSSR count). The molecule has 15 heteroatoms. The molecule has 35 heavy (non-hydrogen) atoms. The highest BCUT2D eigenvalue weighted by Crippen LogP contribution is 2.40. The van der Waals surface area contributed by atoms with Crippen LogP contribution in [0.1, 0.15) is 25.1 Å². The molecule has 4 aliphatic rings. The summed E-state index contributed by atoms with van der Waals surface area (Å²) < 4.78 is 6.31. The maximum Gasteiger partial charge on any atom is 0.278 e. The van der Waals surface area contributed by atoms with Gasteiger partial charge in [0.15, 0.2) is 5.13 Å². The lowest BCUT2D eigenvalue weighted by atomic mass is 10.0. The van der Waals surface area contributed by atoms with Crippen LogP contribution in [0.25, 0.3) is 0 Å². The second-order valence-electron chi connectivity index (χ2n) is 8.46. The zero-order chi connectivity index (χ0) is 24.7. The van der Waals surface area contributed by atoms with Crippen molar-refractivity contribution in [1.29, 1.82) is 0 Å². The van der Waals surface area contributed by atoms with Crippen LogP contribution in [0, 0.1) is 0 Å². The van der Waals surface area contributed by atoms with Gasteiger partial charge >= 0.3 is 0 Å². The molecule has 1 aromatic rings. The number of hydrogen-bond acceptors (Lipinski definition) is 12. The lowest BCUT2D eigenvalue weighted by Gasteiger charge is -2.50. The molecule has 13 nitrogen and oxygen atoms in total. The van der Waals surface area contributed by atoms with E-state index in [2.05, 4.69) is 29.3 Å². The molecule has 5 heterocycles. The van der Waals surface area contributed by atoms with E-state index < -0.39 is 29.2 Å². The van der Waals surface area contributed by atoms with Gasteiger partial charge in [0.25, 0.3) is 11.8 Å². The molecule has 1 saturated heterocycles. The summed E-state index contributed by atoms with van der Waals surface area (Å²) in [4.78, 5) is 50.1. The van der Waals surface area contributed by atoms with E-state index in [1.165, 1.54) is 29.6 Å². The molecule has 0 saturated carbocycles. The summed E-state index contributed by atoms with van der Waals surface area (Å²) in [6.45, 7) is 3.35. The van der Waals surface area contributed by atoms with Gasteiger partial charge in [-0.3, -0.25) is 24.0 Å². The Morgan fingerprint density at radius 2 is 2.17 bits per heavy atom. The molecule has 1 fully saturated rings. The minimum Gasteiger partial charge on any atom is -0.543 e. The number of carboxylic acids is 1. The number of aliphatic carboxylic acids is 1. The number of nitrogen functional groups attached to an aromatic ring is 1. The Hall–Kier alpha value is -3.20. The number of carboxylic acid groups (broad SMARTS) is 1. The van der Waals surface area contributed by atoms with Gasteiger partial charge in [0, 0.05) is 29.3 Å². The van der Waals surface area contributed by atoms with Crippen LogP contribution in [-0.4, -0.2) is 104 Å². The first-order valence-electron chi connectivity index (χ1n) is 11.1. The summed E-state index contributed by atoms with van der Waals surface area (Å²) in [7, 11) is 1.26. The number of fused-ring (bicyclic) bond motifs is 1. The number of aromatic nitrogens is 2. The van der Waals surface area contributed by atoms with Gasteiger partial charge in [-0.2, -0.15) is 9.36 Å². The number of thioether (sulfide) groups is 1. The molecule has 4 aliphatic heterocycles. The minimum atomic E-state index is -1.39. The second kappa shape index (κ2) is 9.45. The highest BCUT2D eigenvalue weighted by molar-refractivity contribution is 8.00. The first-order valence-corrected chi connectivity index (χ1v) is 13.0. The minimum absolute atomic E-state index is 0.0237. The smallest absolute Gasteiger partial charge is 0.278 e. The lowest BCUT2D eigenvalue weighted by molar-refractivity contribution is -0.529. The number of oxime groups is 1. The summed E-state index contributed by atoms with van der Waals surface area (Å²) >= 11 is 2.30. The van der Waals surface area contributed by atoms with E-state index in [4.69, 9.17) is 10.6 Å². The van der Waals surface area contributed by atoms with E-state index in [-0.39, 0.29) is 22.4 Å². The molecule has 0 aliphatic carbocycles. The number of carbonyl (C=O) groups excluding carboxylic acids is 3.